The SMILES string of the molecule is COc1ccc2ncc(F)c(CCN3CCC4(CC3)COC(c3cc5c(cn3)OCCO5)=N4)c2n1. The third kappa shape index (κ3) is 4.22. The highest BCUT2D eigenvalue weighted by Gasteiger charge is 2.40. The summed E-state index contributed by atoms with van der Waals surface area (Å²) in [7, 11) is 1.55. The molecule has 6 rings (SSSR count). The van der Waals surface area contributed by atoms with Crippen molar-refractivity contribution in [2.75, 3.05) is 46.6 Å². The first-order valence-electron chi connectivity index (χ1n) is 11.8. The van der Waals surface area contributed by atoms with Crippen molar-refractivity contribution in [1.29, 1.82) is 0 Å². The molecule has 9 nitrogen and oxygen atoms in total. The Morgan fingerprint density at radius 1 is 1.06 bits per heavy atom. The number of likely N-dealkylation sites (tertiary alicyclic amines) is 1. The van der Waals surface area contributed by atoms with Gasteiger partial charge in [-0.15, -0.1) is 0 Å². The summed E-state index contributed by atoms with van der Waals surface area (Å²) >= 11 is 0. The van der Waals surface area contributed by atoms with Crippen LogP contribution in [0.25, 0.3) is 11.0 Å². The Hall–Kier alpha value is -3.53. The molecule has 6 heterocycles. The number of methoxy groups -OCH3 is 1. The maximum atomic E-state index is 14.6. The topological polar surface area (TPSA) is 91.2 Å². The van der Waals surface area contributed by atoms with Crippen molar-refractivity contribution in [3.63, 3.8) is 0 Å². The van der Waals surface area contributed by atoms with Crippen molar-refractivity contribution >= 4 is 16.9 Å². The highest BCUT2D eigenvalue weighted by molar-refractivity contribution is 5.94. The van der Waals surface area contributed by atoms with Crippen molar-refractivity contribution in [3.8, 4) is 17.4 Å². The molecular weight excluding hydrogens is 453 g/mol. The van der Waals surface area contributed by atoms with Crippen LogP contribution in [0.15, 0.2) is 35.6 Å². The number of nitrogens with zero attached hydrogens (tertiary/aromatic N) is 5. The monoisotopic (exact) mass is 479 g/mol. The largest absolute Gasteiger partial charge is 0.486 e. The lowest BCUT2D eigenvalue weighted by molar-refractivity contribution is 0.136. The molecule has 0 unspecified atom stereocenters. The summed E-state index contributed by atoms with van der Waals surface area (Å²) in [6.07, 6.45) is 5.22. The van der Waals surface area contributed by atoms with Crippen LogP contribution in [0.5, 0.6) is 17.4 Å². The highest BCUT2D eigenvalue weighted by atomic mass is 19.1. The van der Waals surface area contributed by atoms with E-state index in [9.17, 15) is 4.39 Å². The summed E-state index contributed by atoms with van der Waals surface area (Å²) < 4.78 is 37.0. The van der Waals surface area contributed by atoms with E-state index in [4.69, 9.17) is 23.9 Å². The van der Waals surface area contributed by atoms with Crippen LogP contribution in [-0.2, 0) is 11.2 Å². The van der Waals surface area contributed by atoms with Gasteiger partial charge >= 0.3 is 0 Å². The number of ether oxygens (including phenoxy) is 4. The summed E-state index contributed by atoms with van der Waals surface area (Å²) in [5.74, 6) is 1.99. The summed E-state index contributed by atoms with van der Waals surface area (Å²) in [6, 6.07) is 5.37. The van der Waals surface area contributed by atoms with E-state index in [1.165, 1.54) is 6.20 Å². The minimum Gasteiger partial charge on any atom is -0.486 e. The van der Waals surface area contributed by atoms with Crippen molar-refractivity contribution < 1.29 is 23.3 Å². The number of rotatable bonds is 5. The van der Waals surface area contributed by atoms with E-state index in [1.807, 2.05) is 6.07 Å². The predicted molar refractivity (Wildman–Crippen MR) is 126 cm³/mol. The molecule has 0 bridgehead atoms. The summed E-state index contributed by atoms with van der Waals surface area (Å²) in [4.78, 5) is 20.3. The van der Waals surface area contributed by atoms with E-state index in [0.29, 0.717) is 71.8 Å². The molecular formula is C25H26FN5O4. The van der Waals surface area contributed by atoms with Gasteiger partial charge in [0.05, 0.1) is 30.5 Å². The Morgan fingerprint density at radius 3 is 2.71 bits per heavy atom. The molecule has 182 valence electrons. The lowest BCUT2D eigenvalue weighted by atomic mass is 9.89. The van der Waals surface area contributed by atoms with Gasteiger partial charge in [-0.2, -0.15) is 0 Å². The second kappa shape index (κ2) is 8.92. The number of aromatic nitrogens is 3. The number of fused-ring (bicyclic) bond motifs is 2. The van der Waals surface area contributed by atoms with E-state index < -0.39 is 0 Å². The zero-order valence-electron chi connectivity index (χ0n) is 19.5. The summed E-state index contributed by atoms with van der Waals surface area (Å²) in [5, 5.41) is 0. The smallest absolute Gasteiger partial charge is 0.236 e. The van der Waals surface area contributed by atoms with Gasteiger partial charge in [-0.05, 0) is 25.3 Å². The molecule has 0 atom stereocenters. The van der Waals surface area contributed by atoms with Crippen LogP contribution in [0.1, 0.15) is 24.1 Å². The second-order valence-electron chi connectivity index (χ2n) is 9.04. The van der Waals surface area contributed by atoms with Gasteiger partial charge in [0.2, 0.25) is 11.8 Å². The van der Waals surface area contributed by atoms with Crippen molar-refractivity contribution in [2.45, 2.75) is 24.8 Å². The fourth-order valence-electron chi connectivity index (χ4n) is 4.83. The molecule has 0 aromatic carbocycles. The normalized spacial score (nSPS) is 19.0. The van der Waals surface area contributed by atoms with Gasteiger partial charge < -0.3 is 23.8 Å². The zero-order valence-corrected chi connectivity index (χ0v) is 19.5. The van der Waals surface area contributed by atoms with Gasteiger partial charge in [-0.25, -0.2) is 19.4 Å². The molecule has 0 saturated carbocycles. The van der Waals surface area contributed by atoms with E-state index in [-0.39, 0.29) is 11.4 Å². The molecule has 1 fully saturated rings. The quantitative estimate of drug-likeness (QED) is 0.552. The molecule has 3 aromatic rings. The molecule has 0 aliphatic carbocycles. The molecule has 1 spiro atoms. The van der Waals surface area contributed by atoms with Crippen molar-refractivity contribution in [2.24, 2.45) is 4.99 Å². The van der Waals surface area contributed by atoms with Crippen LogP contribution >= 0.6 is 0 Å². The van der Waals surface area contributed by atoms with Crippen LogP contribution in [0.3, 0.4) is 0 Å². The maximum Gasteiger partial charge on any atom is 0.236 e. The summed E-state index contributed by atoms with van der Waals surface area (Å²) in [6.45, 7) is 4.03. The first-order valence-corrected chi connectivity index (χ1v) is 11.8. The number of piperidine rings is 1. The van der Waals surface area contributed by atoms with E-state index >= 15 is 0 Å². The number of hydrogen-bond acceptors (Lipinski definition) is 9. The van der Waals surface area contributed by atoms with E-state index in [0.717, 1.165) is 32.5 Å². The molecule has 3 aliphatic rings. The minimum absolute atomic E-state index is 0.246. The van der Waals surface area contributed by atoms with Gasteiger partial charge in [-0.3, -0.25) is 4.98 Å². The van der Waals surface area contributed by atoms with Gasteiger partial charge in [0, 0.05) is 37.3 Å². The average Bonchev–Trinajstić information content (AvgIpc) is 3.32. The molecule has 0 amide bonds. The van der Waals surface area contributed by atoms with Gasteiger partial charge in [0.15, 0.2) is 11.5 Å². The fourth-order valence-corrected chi connectivity index (χ4v) is 4.83. The highest BCUT2D eigenvalue weighted by Crippen LogP contribution is 2.35. The van der Waals surface area contributed by atoms with E-state index in [1.54, 1.807) is 25.4 Å². The molecule has 1 saturated heterocycles. The molecule has 0 N–H and O–H groups in total. The Labute approximate surface area is 201 Å². The number of hydrogen-bond donors (Lipinski definition) is 0. The first kappa shape index (κ1) is 22.0. The zero-order chi connectivity index (χ0) is 23.8. The minimum atomic E-state index is -0.336. The van der Waals surface area contributed by atoms with Gasteiger partial charge in [0.25, 0.3) is 0 Å². The molecule has 35 heavy (non-hydrogen) atoms. The maximum absolute atomic E-state index is 14.6. The fraction of sp³-hybridized carbons (Fsp3) is 0.440. The number of aliphatic imine (C=N–C) groups is 1. The van der Waals surface area contributed by atoms with Crippen LogP contribution < -0.4 is 14.2 Å². The van der Waals surface area contributed by atoms with Crippen molar-refractivity contribution in [1.82, 2.24) is 19.9 Å². The lowest BCUT2D eigenvalue weighted by Gasteiger charge is -2.36. The average molecular weight is 480 g/mol. The van der Waals surface area contributed by atoms with Crippen LogP contribution in [-0.4, -0.2) is 77.9 Å². The number of halogens is 1. The molecule has 0 radical (unpaired) electrons. The standard InChI is InChI=1S/C25H26FN5O4/c1-32-22-3-2-18-23(29-22)16(17(26)13-27-18)4-7-31-8-5-25(6-9-31)15-35-24(30-25)19-12-20-21(14-28-19)34-11-10-33-20/h2-3,12-14H,4-11,15H2,1H3. The van der Waals surface area contributed by atoms with Crippen LogP contribution in [0.4, 0.5) is 4.39 Å². The summed E-state index contributed by atoms with van der Waals surface area (Å²) in [5.41, 5.74) is 2.21. The van der Waals surface area contributed by atoms with Crippen LogP contribution in [0, 0.1) is 5.82 Å². The van der Waals surface area contributed by atoms with Crippen LogP contribution in [0.2, 0.25) is 0 Å². The third-order valence-corrected chi connectivity index (χ3v) is 6.88. The first-order chi connectivity index (χ1) is 17.1. The Bertz CT molecular complexity index is 1290. The number of pyridine rings is 3. The van der Waals surface area contributed by atoms with E-state index in [2.05, 4.69) is 19.9 Å². The lowest BCUT2D eigenvalue weighted by Crippen LogP contribution is -2.44. The Balaban J connectivity index is 1.12. The molecule has 3 aliphatic heterocycles. The Morgan fingerprint density at radius 2 is 1.89 bits per heavy atom. The van der Waals surface area contributed by atoms with Gasteiger partial charge in [-0.1, -0.05) is 0 Å². The van der Waals surface area contributed by atoms with Crippen molar-refractivity contribution in [3.05, 3.63) is 47.7 Å². The third-order valence-electron chi connectivity index (χ3n) is 6.88. The van der Waals surface area contributed by atoms with Gasteiger partial charge in [0.1, 0.15) is 36.9 Å². The molecule has 10 heteroatoms. The molecule has 3 aromatic heterocycles. The predicted octanol–water partition coefficient (Wildman–Crippen LogP) is 2.80. The Kier molecular flexibility index (Phi) is 5.60. The second-order valence-corrected chi connectivity index (χ2v) is 9.04.